The molecule has 0 spiro atoms. The molecule has 0 aliphatic heterocycles. The van der Waals surface area contributed by atoms with Crippen LogP contribution in [0.2, 0.25) is 0 Å². The van der Waals surface area contributed by atoms with Crippen molar-refractivity contribution in [2.75, 3.05) is 4.90 Å². The number of rotatable bonds is 6. The molecule has 0 saturated heterocycles. The van der Waals surface area contributed by atoms with Crippen molar-refractivity contribution in [1.29, 1.82) is 0 Å². The number of hydrogen-bond acceptors (Lipinski definition) is 1. The normalized spacial score (nSPS) is 12.8. The Morgan fingerprint density at radius 1 is 0.333 bits per heavy atom. The molecule has 54 heavy (non-hydrogen) atoms. The third-order valence-corrected chi connectivity index (χ3v) is 11.5. The molecule has 9 aromatic rings. The molecule has 0 unspecified atom stereocenters. The van der Waals surface area contributed by atoms with Crippen molar-refractivity contribution in [3.8, 4) is 44.5 Å². The molecule has 0 amide bonds. The van der Waals surface area contributed by atoms with E-state index in [0.717, 1.165) is 17.1 Å². The van der Waals surface area contributed by atoms with Gasteiger partial charge < -0.3 is 4.90 Å². The fourth-order valence-electron chi connectivity index (χ4n) is 8.84. The summed E-state index contributed by atoms with van der Waals surface area (Å²) >= 11 is 0. The molecule has 0 saturated carbocycles. The average molecular weight is 690 g/mol. The molecule has 9 aromatic carbocycles. The van der Waals surface area contributed by atoms with Gasteiger partial charge in [0.2, 0.25) is 0 Å². The Labute approximate surface area is 317 Å². The molecule has 0 fully saturated rings. The van der Waals surface area contributed by atoms with Gasteiger partial charge in [-0.25, -0.2) is 0 Å². The molecule has 256 valence electrons. The first-order chi connectivity index (χ1) is 26.6. The van der Waals surface area contributed by atoms with E-state index >= 15 is 0 Å². The number of benzene rings is 9. The van der Waals surface area contributed by atoms with Crippen molar-refractivity contribution in [2.24, 2.45) is 0 Å². The number of anilines is 3. The fraction of sp³-hybridized carbons (Fsp3) is 0.0566. The van der Waals surface area contributed by atoms with Crippen molar-refractivity contribution in [2.45, 2.75) is 19.3 Å². The minimum atomic E-state index is -0.0779. The van der Waals surface area contributed by atoms with Crippen LogP contribution in [-0.4, -0.2) is 0 Å². The van der Waals surface area contributed by atoms with Gasteiger partial charge in [0.05, 0.1) is 5.69 Å². The van der Waals surface area contributed by atoms with Gasteiger partial charge in [0.25, 0.3) is 0 Å². The summed E-state index contributed by atoms with van der Waals surface area (Å²) in [5.74, 6) is 0. The minimum absolute atomic E-state index is 0.0779. The van der Waals surface area contributed by atoms with E-state index in [-0.39, 0.29) is 5.41 Å². The molecular formula is C53H39N. The Morgan fingerprint density at radius 3 is 1.37 bits per heavy atom. The number of fused-ring (bicyclic) bond motifs is 5. The van der Waals surface area contributed by atoms with Gasteiger partial charge in [-0.15, -0.1) is 0 Å². The number of hydrogen-bond donors (Lipinski definition) is 0. The highest BCUT2D eigenvalue weighted by atomic mass is 15.1. The zero-order valence-electron chi connectivity index (χ0n) is 30.5. The van der Waals surface area contributed by atoms with Crippen LogP contribution >= 0.6 is 0 Å². The van der Waals surface area contributed by atoms with E-state index in [2.05, 4.69) is 219 Å². The van der Waals surface area contributed by atoms with Gasteiger partial charge in [-0.05, 0) is 102 Å². The molecule has 0 heterocycles. The molecule has 10 rings (SSSR count). The van der Waals surface area contributed by atoms with Crippen LogP contribution in [0.3, 0.4) is 0 Å². The van der Waals surface area contributed by atoms with Crippen LogP contribution < -0.4 is 4.90 Å². The molecule has 1 aliphatic rings. The van der Waals surface area contributed by atoms with Gasteiger partial charge in [-0.3, -0.25) is 0 Å². The molecule has 1 nitrogen and oxygen atoms in total. The summed E-state index contributed by atoms with van der Waals surface area (Å²) in [6, 6.07) is 73.3. The molecule has 0 radical (unpaired) electrons. The minimum Gasteiger partial charge on any atom is -0.310 e. The van der Waals surface area contributed by atoms with E-state index in [1.165, 1.54) is 77.2 Å². The third kappa shape index (κ3) is 5.16. The monoisotopic (exact) mass is 689 g/mol. The molecule has 1 heteroatoms. The van der Waals surface area contributed by atoms with E-state index in [1.807, 2.05) is 0 Å². The van der Waals surface area contributed by atoms with Crippen LogP contribution in [0, 0.1) is 0 Å². The maximum absolute atomic E-state index is 2.43. The highest BCUT2D eigenvalue weighted by Gasteiger charge is 2.37. The average Bonchev–Trinajstić information content (AvgIpc) is 3.47. The Morgan fingerprint density at radius 2 is 0.759 bits per heavy atom. The first-order valence-corrected chi connectivity index (χ1v) is 18.9. The van der Waals surface area contributed by atoms with Crippen molar-refractivity contribution >= 4 is 38.6 Å². The van der Waals surface area contributed by atoms with Crippen molar-refractivity contribution in [3.63, 3.8) is 0 Å². The zero-order chi connectivity index (χ0) is 36.2. The lowest BCUT2D eigenvalue weighted by Gasteiger charge is -2.29. The lowest BCUT2D eigenvalue weighted by atomic mass is 9.82. The van der Waals surface area contributed by atoms with Gasteiger partial charge in [0.15, 0.2) is 0 Å². The molecule has 1 aliphatic carbocycles. The van der Waals surface area contributed by atoms with E-state index in [0.29, 0.717) is 0 Å². The molecule has 0 N–H and O–H groups in total. The predicted octanol–water partition coefficient (Wildman–Crippen LogP) is 14.8. The van der Waals surface area contributed by atoms with Gasteiger partial charge >= 0.3 is 0 Å². The molecule has 0 atom stereocenters. The Kier molecular flexibility index (Phi) is 7.56. The summed E-state index contributed by atoms with van der Waals surface area (Å²) in [6.07, 6.45) is 0. The van der Waals surface area contributed by atoms with Crippen LogP contribution in [-0.2, 0) is 5.41 Å². The lowest BCUT2D eigenvalue weighted by Crippen LogP contribution is -2.14. The maximum atomic E-state index is 2.43. The van der Waals surface area contributed by atoms with Gasteiger partial charge in [-0.1, -0.05) is 184 Å². The summed E-state index contributed by atoms with van der Waals surface area (Å²) in [7, 11) is 0. The fourth-order valence-corrected chi connectivity index (χ4v) is 8.84. The second-order valence-corrected chi connectivity index (χ2v) is 14.9. The summed E-state index contributed by atoms with van der Waals surface area (Å²) in [6.45, 7) is 4.71. The van der Waals surface area contributed by atoms with E-state index in [4.69, 9.17) is 0 Å². The Bertz CT molecular complexity index is 2710. The van der Waals surface area contributed by atoms with Crippen molar-refractivity contribution < 1.29 is 0 Å². The summed E-state index contributed by atoms with van der Waals surface area (Å²) in [5.41, 5.74) is 16.1. The summed E-state index contributed by atoms with van der Waals surface area (Å²) in [5, 5.41) is 5.03. The maximum Gasteiger partial charge on any atom is 0.0540 e. The van der Waals surface area contributed by atoms with Gasteiger partial charge in [0.1, 0.15) is 0 Å². The number of nitrogens with zero attached hydrogens (tertiary/aromatic N) is 1. The standard InChI is InChI=1S/C53H39N/c1-53(2)49-25-9-7-21-48(49)52-47(24-13-26-50(52)53)46-20-8-10-27-51(46)54(40-32-28-38(29-33-40)44-22-11-16-36-14-3-5-18-42(36)44)41-34-30-39(31-35-41)45-23-12-17-37-15-4-6-19-43(37)45/h3-35H,1-2H3. The topological polar surface area (TPSA) is 3.24 Å². The third-order valence-electron chi connectivity index (χ3n) is 11.5. The van der Waals surface area contributed by atoms with Crippen LogP contribution in [0.4, 0.5) is 17.1 Å². The van der Waals surface area contributed by atoms with E-state index < -0.39 is 0 Å². The molecular weight excluding hydrogens is 651 g/mol. The predicted molar refractivity (Wildman–Crippen MR) is 230 cm³/mol. The van der Waals surface area contributed by atoms with Gasteiger partial charge in [0, 0.05) is 22.4 Å². The van der Waals surface area contributed by atoms with Crippen molar-refractivity contribution in [1.82, 2.24) is 0 Å². The Hall–Kier alpha value is -6.70. The summed E-state index contributed by atoms with van der Waals surface area (Å²) < 4.78 is 0. The van der Waals surface area contributed by atoms with Crippen LogP contribution in [0.1, 0.15) is 25.0 Å². The second kappa shape index (κ2) is 12.8. The highest BCUT2D eigenvalue weighted by Crippen LogP contribution is 2.53. The number of para-hydroxylation sites is 1. The SMILES string of the molecule is CC1(C)c2ccccc2-c2c(-c3ccccc3N(c3ccc(-c4cccc5ccccc45)cc3)c3ccc(-c4cccc5ccccc45)cc3)cccc21. The van der Waals surface area contributed by atoms with Crippen LogP contribution in [0.25, 0.3) is 66.1 Å². The lowest BCUT2D eigenvalue weighted by molar-refractivity contribution is 0.660. The van der Waals surface area contributed by atoms with Gasteiger partial charge in [-0.2, -0.15) is 0 Å². The Balaban J connectivity index is 1.15. The largest absolute Gasteiger partial charge is 0.310 e. The zero-order valence-corrected chi connectivity index (χ0v) is 30.5. The quantitative estimate of drug-likeness (QED) is 0.168. The van der Waals surface area contributed by atoms with E-state index in [1.54, 1.807) is 0 Å². The highest BCUT2D eigenvalue weighted by molar-refractivity contribution is 6.00. The first-order valence-electron chi connectivity index (χ1n) is 18.9. The second-order valence-electron chi connectivity index (χ2n) is 14.9. The first kappa shape index (κ1) is 32.0. The molecule has 0 bridgehead atoms. The summed E-state index contributed by atoms with van der Waals surface area (Å²) in [4.78, 5) is 2.43. The van der Waals surface area contributed by atoms with Crippen molar-refractivity contribution in [3.05, 3.63) is 211 Å². The van der Waals surface area contributed by atoms with Crippen LogP contribution in [0.15, 0.2) is 200 Å². The smallest absolute Gasteiger partial charge is 0.0540 e. The van der Waals surface area contributed by atoms with Crippen LogP contribution in [0.5, 0.6) is 0 Å². The van der Waals surface area contributed by atoms with E-state index in [9.17, 15) is 0 Å². The molecule has 0 aromatic heterocycles.